The standard InChI is InChI=1S/C16H33N3O.HI/c1-5-17-16(18-11-6-12-20-4)19-15-9-7-14(8-10-15)13(2)3;/h13-15H,5-12H2,1-4H3,(H2,17,18,19);1H. The zero-order valence-corrected chi connectivity index (χ0v) is 16.5. The van der Waals surface area contributed by atoms with E-state index in [9.17, 15) is 0 Å². The van der Waals surface area contributed by atoms with Gasteiger partial charge in [-0.3, -0.25) is 4.99 Å². The molecule has 0 radical (unpaired) electrons. The molecule has 0 unspecified atom stereocenters. The van der Waals surface area contributed by atoms with Gasteiger partial charge in [0.2, 0.25) is 0 Å². The van der Waals surface area contributed by atoms with E-state index in [0.29, 0.717) is 6.04 Å². The zero-order valence-electron chi connectivity index (χ0n) is 14.2. The smallest absolute Gasteiger partial charge is 0.191 e. The molecule has 4 nitrogen and oxygen atoms in total. The number of halogens is 1. The van der Waals surface area contributed by atoms with Gasteiger partial charge in [-0.05, 0) is 50.9 Å². The summed E-state index contributed by atoms with van der Waals surface area (Å²) in [5, 5.41) is 6.93. The molecule has 1 rings (SSSR count). The van der Waals surface area contributed by atoms with Gasteiger partial charge in [0, 0.05) is 32.8 Å². The van der Waals surface area contributed by atoms with E-state index >= 15 is 0 Å². The lowest BCUT2D eigenvalue weighted by Crippen LogP contribution is -2.45. The quantitative estimate of drug-likeness (QED) is 0.292. The molecule has 0 heterocycles. The van der Waals surface area contributed by atoms with Crippen molar-refractivity contribution >= 4 is 29.9 Å². The molecule has 126 valence electrons. The molecule has 21 heavy (non-hydrogen) atoms. The molecule has 0 bridgehead atoms. The Balaban J connectivity index is 0.00000400. The van der Waals surface area contributed by atoms with E-state index in [0.717, 1.165) is 43.9 Å². The van der Waals surface area contributed by atoms with Gasteiger partial charge in [0.15, 0.2) is 5.96 Å². The van der Waals surface area contributed by atoms with Crippen LogP contribution in [-0.4, -0.2) is 38.8 Å². The van der Waals surface area contributed by atoms with Crippen LogP contribution in [0.15, 0.2) is 4.99 Å². The maximum Gasteiger partial charge on any atom is 0.191 e. The minimum Gasteiger partial charge on any atom is -0.385 e. The van der Waals surface area contributed by atoms with Gasteiger partial charge in [0.1, 0.15) is 0 Å². The first-order valence-corrected chi connectivity index (χ1v) is 8.21. The summed E-state index contributed by atoms with van der Waals surface area (Å²) >= 11 is 0. The maximum absolute atomic E-state index is 5.06. The Bertz CT molecular complexity index is 277. The number of hydrogen-bond donors (Lipinski definition) is 2. The second kappa shape index (κ2) is 12.5. The molecule has 5 heteroatoms. The summed E-state index contributed by atoms with van der Waals surface area (Å²) in [5.41, 5.74) is 0. The largest absolute Gasteiger partial charge is 0.385 e. The first kappa shape index (κ1) is 21.0. The van der Waals surface area contributed by atoms with E-state index in [-0.39, 0.29) is 24.0 Å². The van der Waals surface area contributed by atoms with Crippen LogP contribution in [0.5, 0.6) is 0 Å². The van der Waals surface area contributed by atoms with Crippen LogP contribution in [0, 0.1) is 11.8 Å². The molecule has 0 saturated heterocycles. The average molecular weight is 411 g/mol. The highest BCUT2D eigenvalue weighted by Gasteiger charge is 2.23. The SMILES string of the molecule is CCNC(=NCCCOC)NC1CCC(C(C)C)CC1.I. The minimum absolute atomic E-state index is 0. The Morgan fingerprint density at radius 3 is 2.43 bits per heavy atom. The van der Waals surface area contributed by atoms with E-state index in [1.54, 1.807) is 7.11 Å². The molecular weight excluding hydrogens is 377 g/mol. The first-order chi connectivity index (χ1) is 9.67. The van der Waals surface area contributed by atoms with Crippen LogP contribution in [0.4, 0.5) is 0 Å². The zero-order chi connectivity index (χ0) is 14.8. The summed E-state index contributed by atoms with van der Waals surface area (Å²) in [6.45, 7) is 9.33. The summed E-state index contributed by atoms with van der Waals surface area (Å²) in [7, 11) is 1.74. The van der Waals surface area contributed by atoms with Crippen molar-refractivity contribution in [3.05, 3.63) is 0 Å². The number of aliphatic imine (C=N–C) groups is 1. The Morgan fingerprint density at radius 2 is 1.90 bits per heavy atom. The molecule has 1 aliphatic carbocycles. The summed E-state index contributed by atoms with van der Waals surface area (Å²) in [5.74, 6) is 2.71. The van der Waals surface area contributed by atoms with Gasteiger partial charge in [-0.1, -0.05) is 13.8 Å². The van der Waals surface area contributed by atoms with E-state index in [1.165, 1.54) is 25.7 Å². The van der Waals surface area contributed by atoms with Gasteiger partial charge < -0.3 is 15.4 Å². The number of methoxy groups -OCH3 is 1. The Labute approximate surface area is 147 Å². The molecule has 1 aliphatic rings. The van der Waals surface area contributed by atoms with Crippen LogP contribution in [0.3, 0.4) is 0 Å². The fourth-order valence-corrected chi connectivity index (χ4v) is 2.84. The summed E-state index contributed by atoms with van der Waals surface area (Å²) in [6.07, 6.45) is 6.21. The highest BCUT2D eigenvalue weighted by Crippen LogP contribution is 2.29. The molecule has 1 saturated carbocycles. The molecule has 1 fully saturated rings. The topological polar surface area (TPSA) is 45.7 Å². The molecule has 0 aromatic heterocycles. The van der Waals surface area contributed by atoms with Crippen molar-refractivity contribution in [2.75, 3.05) is 26.8 Å². The Morgan fingerprint density at radius 1 is 1.24 bits per heavy atom. The van der Waals surface area contributed by atoms with Gasteiger partial charge in [-0.25, -0.2) is 0 Å². The lowest BCUT2D eigenvalue weighted by atomic mass is 9.80. The highest BCUT2D eigenvalue weighted by atomic mass is 127. The van der Waals surface area contributed by atoms with Gasteiger partial charge >= 0.3 is 0 Å². The normalized spacial score (nSPS) is 22.8. The number of nitrogens with zero attached hydrogens (tertiary/aromatic N) is 1. The fraction of sp³-hybridized carbons (Fsp3) is 0.938. The lowest BCUT2D eigenvalue weighted by molar-refractivity contribution is 0.197. The van der Waals surface area contributed by atoms with Crippen LogP contribution >= 0.6 is 24.0 Å². The number of ether oxygens (including phenoxy) is 1. The molecule has 2 N–H and O–H groups in total. The number of hydrogen-bond acceptors (Lipinski definition) is 2. The van der Waals surface area contributed by atoms with Crippen molar-refractivity contribution in [3.63, 3.8) is 0 Å². The van der Waals surface area contributed by atoms with Crippen molar-refractivity contribution in [3.8, 4) is 0 Å². The number of nitrogens with one attached hydrogen (secondary N) is 2. The summed E-state index contributed by atoms with van der Waals surface area (Å²) in [4.78, 5) is 4.61. The number of guanidine groups is 1. The lowest BCUT2D eigenvalue weighted by Gasteiger charge is -2.32. The molecular formula is C16H34IN3O. The van der Waals surface area contributed by atoms with E-state index < -0.39 is 0 Å². The van der Waals surface area contributed by atoms with Crippen LogP contribution in [0.25, 0.3) is 0 Å². The van der Waals surface area contributed by atoms with Crippen molar-refractivity contribution in [2.45, 2.75) is 58.9 Å². The third-order valence-corrected chi connectivity index (χ3v) is 4.18. The van der Waals surface area contributed by atoms with Crippen LogP contribution in [0.2, 0.25) is 0 Å². The molecule has 0 aromatic carbocycles. The van der Waals surface area contributed by atoms with E-state index in [2.05, 4.69) is 36.4 Å². The molecule has 0 amide bonds. The Hall–Kier alpha value is -0.0400. The summed E-state index contributed by atoms with van der Waals surface area (Å²) < 4.78 is 5.06. The molecule has 0 aliphatic heterocycles. The van der Waals surface area contributed by atoms with Gasteiger partial charge in [-0.15, -0.1) is 24.0 Å². The van der Waals surface area contributed by atoms with Gasteiger partial charge in [0.05, 0.1) is 0 Å². The predicted molar refractivity (Wildman–Crippen MR) is 102 cm³/mol. The van der Waals surface area contributed by atoms with Crippen molar-refractivity contribution in [2.24, 2.45) is 16.8 Å². The van der Waals surface area contributed by atoms with Gasteiger partial charge in [0.25, 0.3) is 0 Å². The average Bonchev–Trinajstić information content (AvgIpc) is 2.44. The second-order valence-corrected chi connectivity index (χ2v) is 6.11. The Kier molecular flexibility index (Phi) is 12.5. The third-order valence-electron chi connectivity index (χ3n) is 4.18. The van der Waals surface area contributed by atoms with Gasteiger partial charge in [-0.2, -0.15) is 0 Å². The van der Waals surface area contributed by atoms with E-state index in [1.807, 2.05) is 0 Å². The van der Waals surface area contributed by atoms with Crippen molar-refractivity contribution < 1.29 is 4.74 Å². The second-order valence-electron chi connectivity index (χ2n) is 6.11. The van der Waals surface area contributed by atoms with Crippen LogP contribution < -0.4 is 10.6 Å². The fourth-order valence-electron chi connectivity index (χ4n) is 2.84. The predicted octanol–water partition coefficient (Wildman–Crippen LogP) is 3.41. The summed E-state index contributed by atoms with van der Waals surface area (Å²) in [6, 6.07) is 0.588. The van der Waals surface area contributed by atoms with Crippen LogP contribution in [0.1, 0.15) is 52.9 Å². The first-order valence-electron chi connectivity index (χ1n) is 8.21. The highest BCUT2D eigenvalue weighted by molar-refractivity contribution is 14.0. The monoisotopic (exact) mass is 411 g/mol. The third kappa shape index (κ3) is 8.86. The van der Waals surface area contributed by atoms with Crippen molar-refractivity contribution in [1.82, 2.24) is 10.6 Å². The van der Waals surface area contributed by atoms with Crippen molar-refractivity contribution in [1.29, 1.82) is 0 Å². The van der Waals surface area contributed by atoms with Crippen LogP contribution in [-0.2, 0) is 4.74 Å². The molecule has 0 atom stereocenters. The van der Waals surface area contributed by atoms with E-state index in [4.69, 9.17) is 4.74 Å². The number of rotatable bonds is 7. The molecule has 0 spiro atoms. The molecule has 0 aromatic rings. The minimum atomic E-state index is 0. The maximum atomic E-state index is 5.06.